The molecule has 0 aromatic carbocycles. The van der Waals surface area contributed by atoms with E-state index in [2.05, 4.69) is 19.2 Å². The van der Waals surface area contributed by atoms with Crippen molar-refractivity contribution in [3.05, 3.63) is 0 Å². The van der Waals surface area contributed by atoms with Gasteiger partial charge in [-0.3, -0.25) is 4.79 Å². The van der Waals surface area contributed by atoms with E-state index in [0.29, 0.717) is 25.2 Å². The predicted molar refractivity (Wildman–Crippen MR) is 73.7 cm³/mol. The fourth-order valence-corrected chi connectivity index (χ4v) is 3.15. The first-order valence-corrected chi connectivity index (χ1v) is 7.65. The summed E-state index contributed by atoms with van der Waals surface area (Å²) in [7, 11) is 0. The number of nitrogens with one attached hydrogen (secondary N) is 1. The van der Waals surface area contributed by atoms with E-state index in [9.17, 15) is 14.7 Å². The van der Waals surface area contributed by atoms with Gasteiger partial charge in [0.25, 0.3) is 0 Å². The second-order valence-corrected chi connectivity index (χ2v) is 6.70. The number of carboxylic acid groups (broad SMARTS) is 1. The van der Waals surface area contributed by atoms with Gasteiger partial charge in [0.2, 0.25) is 5.91 Å². The van der Waals surface area contributed by atoms with Gasteiger partial charge in [0.1, 0.15) is 5.54 Å². The molecule has 0 radical (unpaired) electrons. The van der Waals surface area contributed by atoms with E-state index in [-0.39, 0.29) is 11.8 Å². The molecule has 1 rings (SSSR count). The van der Waals surface area contributed by atoms with E-state index in [1.54, 1.807) is 11.8 Å². The van der Waals surface area contributed by atoms with Crippen molar-refractivity contribution in [1.82, 2.24) is 5.32 Å². The molecule has 104 valence electrons. The molecule has 1 heterocycles. The Morgan fingerprint density at radius 3 is 2.28 bits per heavy atom. The summed E-state index contributed by atoms with van der Waals surface area (Å²) >= 11 is 1.75. The van der Waals surface area contributed by atoms with E-state index >= 15 is 0 Å². The van der Waals surface area contributed by atoms with Crippen LogP contribution in [0.3, 0.4) is 0 Å². The zero-order valence-corrected chi connectivity index (χ0v) is 12.2. The normalized spacial score (nSPS) is 20.4. The Morgan fingerprint density at radius 1 is 1.28 bits per heavy atom. The van der Waals surface area contributed by atoms with Gasteiger partial charge in [0.15, 0.2) is 0 Å². The molecular weight excluding hydrogens is 250 g/mol. The van der Waals surface area contributed by atoms with Crippen LogP contribution in [-0.4, -0.2) is 34.0 Å². The van der Waals surface area contributed by atoms with Crippen molar-refractivity contribution in [3.63, 3.8) is 0 Å². The van der Waals surface area contributed by atoms with E-state index in [1.165, 1.54) is 0 Å². The number of carbonyl (C=O) groups excluding carboxylic acids is 1. The Kier molecular flexibility index (Phi) is 5.50. The second-order valence-electron chi connectivity index (χ2n) is 5.47. The molecule has 0 bridgehead atoms. The molecule has 0 saturated carbocycles. The van der Waals surface area contributed by atoms with E-state index in [0.717, 1.165) is 11.5 Å². The lowest BCUT2D eigenvalue weighted by Gasteiger charge is -2.34. The number of rotatable bonds is 5. The quantitative estimate of drug-likeness (QED) is 0.805. The first kappa shape index (κ1) is 15.3. The Labute approximate surface area is 113 Å². The summed E-state index contributed by atoms with van der Waals surface area (Å²) in [4.78, 5) is 23.4. The highest BCUT2D eigenvalue weighted by atomic mass is 32.2. The SMILES string of the molecule is CC(C)C(C)CC(=O)NC1(C(=O)O)CCSCC1. The highest BCUT2D eigenvalue weighted by Crippen LogP contribution is 2.28. The number of carboxylic acids is 1. The van der Waals surface area contributed by atoms with Gasteiger partial charge in [-0.25, -0.2) is 4.79 Å². The molecule has 1 aliphatic heterocycles. The molecule has 2 N–H and O–H groups in total. The van der Waals surface area contributed by atoms with Crippen LogP contribution >= 0.6 is 11.8 Å². The van der Waals surface area contributed by atoms with Crippen molar-refractivity contribution in [1.29, 1.82) is 0 Å². The smallest absolute Gasteiger partial charge is 0.329 e. The Morgan fingerprint density at radius 2 is 1.83 bits per heavy atom. The number of aliphatic carboxylic acids is 1. The molecule has 1 atom stereocenters. The highest BCUT2D eigenvalue weighted by Gasteiger charge is 2.41. The van der Waals surface area contributed by atoms with Gasteiger partial charge in [-0.1, -0.05) is 20.8 Å². The summed E-state index contributed by atoms with van der Waals surface area (Å²) < 4.78 is 0. The molecule has 1 amide bonds. The minimum atomic E-state index is -1.03. The lowest BCUT2D eigenvalue weighted by molar-refractivity contribution is -0.148. The van der Waals surface area contributed by atoms with Crippen molar-refractivity contribution in [2.75, 3.05) is 11.5 Å². The van der Waals surface area contributed by atoms with Gasteiger partial charge >= 0.3 is 5.97 Å². The van der Waals surface area contributed by atoms with Crippen molar-refractivity contribution in [2.45, 2.75) is 45.6 Å². The lowest BCUT2D eigenvalue weighted by Crippen LogP contribution is -2.56. The number of amides is 1. The maximum absolute atomic E-state index is 12.0. The second kappa shape index (κ2) is 6.45. The van der Waals surface area contributed by atoms with Gasteiger partial charge < -0.3 is 10.4 Å². The minimum Gasteiger partial charge on any atom is -0.480 e. The summed E-state index contributed by atoms with van der Waals surface area (Å²) in [5, 5.41) is 12.1. The predicted octanol–water partition coefficient (Wildman–Crippen LogP) is 2.14. The maximum atomic E-state index is 12.0. The summed E-state index contributed by atoms with van der Waals surface area (Å²) in [5.74, 6) is 1.27. The van der Waals surface area contributed by atoms with E-state index in [1.807, 2.05) is 6.92 Å². The van der Waals surface area contributed by atoms with Gasteiger partial charge in [0.05, 0.1) is 0 Å². The molecule has 1 fully saturated rings. The fourth-order valence-electron chi connectivity index (χ4n) is 1.96. The molecule has 1 unspecified atom stereocenters. The number of hydrogen-bond acceptors (Lipinski definition) is 3. The van der Waals surface area contributed by atoms with Crippen LogP contribution in [0.1, 0.15) is 40.0 Å². The third kappa shape index (κ3) is 3.90. The summed E-state index contributed by atoms with van der Waals surface area (Å²) in [5.41, 5.74) is -1.03. The lowest BCUT2D eigenvalue weighted by atomic mass is 9.90. The number of carbonyl (C=O) groups is 2. The molecule has 18 heavy (non-hydrogen) atoms. The average Bonchev–Trinajstić information content (AvgIpc) is 2.29. The molecule has 0 spiro atoms. The van der Waals surface area contributed by atoms with Crippen molar-refractivity contribution in [2.24, 2.45) is 11.8 Å². The van der Waals surface area contributed by atoms with E-state index < -0.39 is 11.5 Å². The standard InChI is InChI=1S/C13H23NO3S/c1-9(2)10(3)8-11(15)14-13(12(16)17)4-6-18-7-5-13/h9-10H,4-8H2,1-3H3,(H,14,15)(H,16,17). The van der Waals surface area contributed by atoms with Crippen molar-refractivity contribution in [3.8, 4) is 0 Å². The Balaban J connectivity index is 2.61. The molecule has 4 nitrogen and oxygen atoms in total. The maximum Gasteiger partial charge on any atom is 0.329 e. The van der Waals surface area contributed by atoms with Crippen LogP contribution in [0.4, 0.5) is 0 Å². The van der Waals surface area contributed by atoms with Crippen molar-refractivity contribution >= 4 is 23.6 Å². The van der Waals surface area contributed by atoms with Crippen LogP contribution in [0.5, 0.6) is 0 Å². The van der Waals surface area contributed by atoms with E-state index in [4.69, 9.17) is 0 Å². The topological polar surface area (TPSA) is 66.4 Å². The Bertz CT molecular complexity index is 311. The van der Waals surface area contributed by atoms with Crippen LogP contribution in [-0.2, 0) is 9.59 Å². The molecule has 5 heteroatoms. The van der Waals surface area contributed by atoms with Gasteiger partial charge in [-0.05, 0) is 36.2 Å². The highest BCUT2D eigenvalue weighted by molar-refractivity contribution is 7.99. The first-order chi connectivity index (χ1) is 8.37. The van der Waals surface area contributed by atoms with Gasteiger partial charge in [0, 0.05) is 6.42 Å². The monoisotopic (exact) mass is 273 g/mol. The minimum absolute atomic E-state index is 0.134. The van der Waals surface area contributed by atoms with Crippen LogP contribution < -0.4 is 5.32 Å². The van der Waals surface area contributed by atoms with Crippen LogP contribution in [0, 0.1) is 11.8 Å². The summed E-state index contributed by atoms with van der Waals surface area (Å²) in [6.07, 6.45) is 1.45. The molecule has 1 saturated heterocycles. The molecule has 0 aromatic rings. The molecular formula is C13H23NO3S. The van der Waals surface area contributed by atoms with Crippen molar-refractivity contribution < 1.29 is 14.7 Å². The zero-order valence-electron chi connectivity index (χ0n) is 11.4. The van der Waals surface area contributed by atoms with Gasteiger partial charge in [-0.15, -0.1) is 0 Å². The average molecular weight is 273 g/mol. The zero-order chi connectivity index (χ0) is 13.8. The molecule has 1 aliphatic rings. The summed E-state index contributed by atoms with van der Waals surface area (Å²) in [6.45, 7) is 6.17. The third-order valence-corrected chi connectivity index (χ3v) is 4.77. The largest absolute Gasteiger partial charge is 0.480 e. The van der Waals surface area contributed by atoms with Crippen LogP contribution in [0.15, 0.2) is 0 Å². The molecule has 0 aromatic heterocycles. The molecule has 0 aliphatic carbocycles. The first-order valence-electron chi connectivity index (χ1n) is 6.49. The van der Waals surface area contributed by atoms with Crippen LogP contribution in [0.25, 0.3) is 0 Å². The number of thioether (sulfide) groups is 1. The number of hydrogen-bond donors (Lipinski definition) is 2. The van der Waals surface area contributed by atoms with Gasteiger partial charge in [-0.2, -0.15) is 11.8 Å². The Hall–Kier alpha value is -0.710. The summed E-state index contributed by atoms with van der Waals surface area (Å²) in [6, 6.07) is 0. The third-order valence-electron chi connectivity index (χ3n) is 3.78. The fraction of sp³-hybridized carbons (Fsp3) is 0.846. The van der Waals surface area contributed by atoms with Crippen LogP contribution in [0.2, 0.25) is 0 Å².